The van der Waals surface area contributed by atoms with Crippen LogP contribution in [-0.2, 0) is 17.9 Å². The molecule has 2 heterocycles. The second-order valence-corrected chi connectivity index (χ2v) is 6.98. The number of carboxylic acid groups (broad SMARTS) is 1. The topological polar surface area (TPSA) is 53.4 Å². The molecule has 0 saturated heterocycles. The molecule has 1 aromatic carbocycles. The third-order valence-electron chi connectivity index (χ3n) is 5.34. The number of pyridine rings is 1. The van der Waals surface area contributed by atoms with Crippen molar-refractivity contribution in [3.8, 4) is 0 Å². The van der Waals surface area contributed by atoms with Gasteiger partial charge in [0.2, 0.25) is 0 Å². The lowest BCUT2D eigenvalue weighted by Gasteiger charge is -2.32. The predicted molar refractivity (Wildman–Crippen MR) is 91.8 cm³/mol. The monoisotopic (exact) mass is 322 g/mol. The number of carboxylic acids is 1. The van der Waals surface area contributed by atoms with E-state index in [1.165, 1.54) is 25.0 Å². The number of aliphatic carboxylic acids is 1. The van der Waals surface area contributed by atoms with Crippen LogP contribution < -0.4 is 0 Å². The van der Waals surface area contributed by atoms with Gasteiger partial charge >= 0.3 is 5.97 Å². The van der Waals surface area contributed by atoms with Crippen LogP contribution in [0.2, 0.25) is 0 Å². The third kappa shape index (κ3) is 2.94. The zero-order chi connectivity index (χ0) is 16.5. The lowest BCUT2D eigenvalue weighted by molar-refractivity contribution is -0.139. The highest BCUT2D eigenvalue weighted by atomic mass is 16.4. The summed E-state index contributed by atoms with van der Waals surface area (Å²) in [4.78, 5) is 18.5. The lowest BCUT2D eigenvalue weighted by Crippen LogP contribution is -2.36. The summed E-state index contributed by atoms with van der Waals surface area (Å²) in [5.74, 6) is -0.542. The van der Waals surface area contributed by atoms with E-state index in [-0.39, 0.29) is 0 Å². The number of benzene rings is 1. The fourth-order valence-corrected chi connectivity index (χ4v) is 3.74. The minimum Gasteiger partial charge on any atom is -0.481 e. The molecule has 1 aliphatic carbocycles. The van der Waals surface area contributed by atoms with Gasteiger partial charge in [-0.3, -0.25) is 14.7 Å². The van der Waals surface area contributed by atoms with Gasteiger partial charge in [-0.1, -0.05) is 36.8 Å². The van der Waals surface area contributed by atoms with Gasteiger partial charge in [-0.25, -0.2) is 0 Å². The van der Waals surface area contributed by atoms with Crippen molar-refractivity contribution in [1.29, 1.82) is 0 Å². The van der Waals surface area contributed by atoms with Gasteiger partial charge in [0.15, 0.2) is 0 Å². The van der Waals surface area contributed by atoms with Gasteiger partial charge < -0.3 is 5.11 Å². The molecule has 0 amide bonds. The number of aromatic nitrogens is 1. The largest absolute Gasteiger partial charge is 0.481 e. The maximum Gasteiger partial charge on any atom is 0.312 e. The summed E-state index contributed by atoms with van der Waals surface area (Å²) in [6.45, 7) is 2.09. The fraction of sp³-hybridized carbons (Fsp3) is 0.400. The standard InChI is InChI=1S/C20H22N2O2/c23-20(24)18-13-22(12-16-4-1-2-7-17(16)18)11-14-8-9-19(21-10-14)15-5-3-6-15/h1-2,4,7-10,15,18H,3,5-6,11-13H2,(H,23,24). The fourth-order valence-electron chi connectivity index (χ4n) is 3.74. The number of nitrogens with zero attached hydrogens (tertiary/aromatic N) is 2. The molecule has 1 fully saturated rings. The Labute approximate surface area is 142 Å². The molecule has 24 heavy (non-hydrogen) atoms. The molecule has 124 valence electrons. The molecule has 4 nitrogen and oxygen atoms in total. The first-order chi connectivity index (χ1) is 11.7. The summed E-state index contributed by atoms with van der Waals surface area (Å²) in [6, 6.07) is 12.2. The quantitative estimate of drug-likeness (QED) is 0.935. The summed E-state index contributed by atoms with van der Waals surface area (Å²) >= 11 is 0. The van der Waals surface area contributed by atoms with Crippen LogP contribution in [0.25, 0.3) is 0 Å². The average Bonchev–Trinajstić information content (AvgIpc) is 2.54. The Morgan fingerprint density at radius 1 is 1.21 bits per heavy atom. The molecular formula is C20H22N2O2. The van der Waals surface area contributed by atoms with Crippen LogP contribution in [0.1, 0.15) is 53.5 Å². The third-order valence-corrected chi connectivity index (χ3v) is 5.34. The van der Waals surface area contributed by atoms with E-state index in [1.807, 2.05) is 30.5 Å². The highest BCUT2D eigenvalue weighted by Gasteiger charge is 2.30. The second-order valence-electron chi connectivity index (χ2n) is 6.98. The van der Waals surface area contributed by atoms with Gasteiger partial charge in [0.25, 0.3) is 0 Å². The van der Waals surface area contributed by atoms with Crippen LogP contribution in [0.15, 0.2) is 42.6 Å². The SMILES string of the molecule is O=C(O)C1CN(Cc2ccc(C3CCC3)nc2)Cc2ccccc21. The summed E-state index contributed by atoms with van der Waals surface area (Å²) in [5.41, 5.74) is 4.44. The molecule has 2 aliphatic rings. The van der Waals surface area contributed by atoms with Crippen LogP contribution in [0.5, 0.6) is 0 Å². The zero-order valence-electron chi connectivity index (χ0n) is 13.7. The Balaban J connectivity index is 1.49. The van der Waals surface area contributed by atoms with Gasteiger partial charge in [-0.05, 0) is 35.6 Å². The maximum absolute atomic E-state index is 11.6. The molecule has 1 aromatic heterocycles. The highest BCUT2D eigenvalue weighted by molar-refractivity contribution is 5.77. The van der Waals surface area contributed by atoms with Crippen molar-refractivity contribution in [2.24, 2.45) is 0 Å². The van der Waals surface area contributed by atoms with E-state index in [0.29, 0.717) is 12.5 Å². The molecule has 4 rings (SSSR count). The first-order valence-electron chi connectivity index (χ1n) is 8.68. The minimum atomic E-state index is -0.745. The van der Waals surface area contributed by atoms with Gasteiger partial charge in [0.1, 0.15) is 0 Å². The molecule has 1 saturated carbocycles. The van der Waals surface area contributed by atoms with Crippen LogP contribution in [0, 0.1) is 0 Å². The number of hydrogen-bond donors (Lipinski definition) is 1. The van der Waals surface area contributed by atoms with Gasteiger partial charge in [-0.15, -0.1) is 0 Å². The van der Waals surface area contributed by atoms with Gasteiger partial charge in [0, 0.05) is 37.4 Å². The van der Waals surface area contributed by atoms with Crippen LogP contribution >= 0.6 is 0 Å². The van der Waals surface area contributed by atoms with E-state index in [9.17, 15) is 9.90 Å². The van der Waals surface area contributed by atoms with Crippen LogP contribution in [0.4, 0.5) is 0 Å². The van der Waals surface area contributed by atoms with E-state index in [1.54, 1.807) is 0 Å². The van der Waals surface area contributed by atoms with Crippen molar-refractivity contribution in [1.82, 2.24) is 9.88 Å². The predicted octanol–water partition coefficient (Wildman–Crippen LogP) is 3.53. The Hall–Kier alpha value is -2.20. The Kier molecular flexibility index (Phi) is 4.07. The molecule has 1 unspecified atom stereocenters. The van der Waals surface area contributed by atoms with Gasteiger partial charge in [-0.2, -0.15) is 0 Å². The van der Waals surface area contributed by atoms with Gasteiger partial charge in [0.05, 0.1) is 5.92 Å². The van der Waals surface area contributed by atoms with E-state index in [2.05, 4.69) is 22.0 Å². The Morgan fingerprint density at radius 2 is 2.04 bits per heavy atom. The first-order valence-corrected chi connectivity index (χ1v) is 8.68. The van der Waals surface area contributed by atoms with Crippen LogP contribution in [0.3, 0.4) is 0 Å². The van der Waals surface area contributed by atoms with Crippen LogP contribution in [-0.4, -0.2) is 27.5 Å². The van der Waals surface area contributed by atoms with E-state index >= 15 is 0 Å². The maximum atomic E-state index is 11.6. The first kappa shape index (κ1) is 15.3. The van der Waals surface area contributed by atoms with E-state index < -0.39 is 11.9 Å². The van der Waals surface area contributed by atoms with E-state index in [0.717, 1.165) is 29.8 Å². The molecule has 2 aromatic rings. The van der Waals surface area contributed by atoms with Crippen molar-refractivity contribution in [2.75, 3.05) is 6.54 Å². The molecule has 1 atom stereocenters. The number of fused-ring (bicyclic) bond motifs is 1. The number of carbonyl (C=O) groups is 1. The van der Waals surface area contributed by atoms with Crippen molar-refractivity contribution >= 4 is 5.97 Å². The second kappa shape index (κ2) is 6.36. The Morgan fingerprint density at radius 3 is 2.71 bits per heavy atom. The number of hydrogen-bond acceptors (Lipinski definition) is 3. The minimum absolute atomic E-state index is 0.447. The van der Waals surface area contributed by atoms with Crippen molar-refractivity contribution < 1.29 is 9.90 Å². The summed E-state index contributed by atoms with van der Waals surface area (Å²) in [6.07, 6.45) is 5.80. The molecule has 0 bridgehead atoms. The summed E-state index contributed by atoms with van der Waals surface area (Å²) in [5, 5.41) is 9.56. The molecular weight excluding hydrogens is 300 g/mol. The Bertz CT molecular complexity index is 738. The smallest absolute Gasteiger partial charge is 0.312 e. The normalized spacial score (nSPS) is 21.1. The van der Waals surface area contributed by atoms with E-state index in [4.69, 9.17) is 0 Å². The zero-order valence-corrected chi connectivity index (χ0v) is 13.7. The lowest BCUT2D eigenvalue weighted by atomic mass is 9.82. The molecule has 0 radical (unpaired) electrons. The molecule has 1 aliphatic heterocycles. The molecule has 4 heteroatoms. The molecule has 0 spiro atoms. The average molecular weight is 322 g/mol. The summed E-state index contributed by atoms with van der Waals surface area (Å²) in [7, 11) is 0. The molecule has 1 N–H and O–H groups in total. The highest BCUT2D eigenvalue weighted by Crippen LogP contribution is 2.35. The van der Waals surface area contributed by atoms with Crippen molar-refractivity contribution in [3.05, 3.63) is 65.0 Å². The van der Waals surface area contributed by atoms with Crippen molar-refractivity contribution in [2.45, 2.75) is 44.2 Å². The van der Waals surface area contributed by atoms with Crippen molar-refractivity contribution in [3.63, 3.8) is 0 Å². The number of rotatable bonds is 4. The summed E-state index contributed by atoms with van der Waals surface area (Å²) < 4.78 is 0.